The number of ether oxygens (including phenoxy) is 2. The predicted molar refractivity (Wildman–Crippen MR) is 124 cm³/mol. The van der Waals surface area contributed by atoms with Crippen molar-refractivity contribution in [1.29, 1.82) is 0 Å². The van der Waals surface area contributed by atoms with Crippen molar-refractivity contribution in [3.8, 4) is 0 Å². The van der Waals surface area contributed by atoms with Gasteiger partial charge in [0.2, 0.25) is 0 Å². The van der Waals surface area contributed by atoms with Crippen molar-refractivity contribution in [2.45, 2.75) is 77.0 Å². The molecule has 1 saturated heterocycles. The molecule has 2 aromatic rings. The Morgan fingerprint density at radius 3 is 2.71 bits per heavy atom. The van der Waals surface area contributed by atoms with Crippen molar-refractivity contribution in [1.82, 2.24) is 0 Å². The molecule has 166 valence electrons. The third-order valence-corrected chi connectivity index (χ3v) is 6.66. The van der Waals surface area contributed by atoms with Crippen molar-refractivity contribution in [2.24, 2.45) is 5.92 Å². The van der Waals surface area contributed by atoms with Gasteiger partial charge in [-0.15, -0.1) is 0 Å². The highest BCUT2D eigenvalue weighted by Crippen LogP contribution is 2.50. The van der Waals surface area contributed by atoms with Crippen LogP contribution in [-0.2, 0) is 14.3 Å². The summed E-state index contributed by atoms with van der Waals surface area (Å²) in [7, 11) is 0. The lowest BCUT2D eigenvalue weighted by atomic mass is 9.76. The van der Waals surface area contributed by atoms with Crippen LogP contribution in [0.15, 0.2) is 48.5 Å². The highest BCUT2D eigenvalue weighted by Gasteiger charge is 2.42. The molecule has 4 atom stereocenters. The van der Waals surface area contributed by atoms with Gasteiger partial charge in [-0.2, -0.15) is 0 Å². The molecule has 2 aliphatic heterocycles. The zero-order valence-corrected chi connectivity index (χ0v) is 19.0. The molecule has 2 aliphatic rings. The maximum Gasteiger partial charge on any atom is 0.305 e. The normalized spacial score (nSPS) is 24.8. The highest BCUT2D eigenvalue weighted by molar-refractivity contribution is 5.69. The summed E-state index contributed by atoms with van der Waals surface area (Å²) in [5, 5.41) is 3.80. The molecule has 0 aromatic heterocycles. The van der Waals surface area contributed by atoms with E-state index in [1.54, 1.807) is 0 Å². The summed E-state index contributed by atoms with van der Waals surface area (Å²) in [6.07, 6.45) is 4.29. The Morgan fingerprint density at radius 2 is 1.97 bits per heavy atom. The molecule has 2 heterocycles. The maximum atomic E-state index is 12.0. The molecule has 0 unspecified atom stereocenters. The van der Waals surface area contributed by atoms with Crippen LogP contribution in [0.5, 0.6) is 0 Å². The molecule has 0 bridgehead atoms. The lowest BCUT2D eigenvalue weighted by molar-refractivity contribution is -0.157. The lowest BCUT2D eigenvalue weighted by Gasteiger charge is -2.45. The molecule has 0 aliphatic carbocycles. The number of esters is 1. The van der Waals surface area contributed by atoms with Gasteiger partial charge in [-0.3, -0.25) is 4.79 Å². The van der Waals surface area contributed by atoms with Gasteiger partial charge in [0.25, 0.3) is 0 Å². The summed E-state index contributed by atoms with van der Waals surface area (Å²) in [4.78, 5) is 12.0. The van der Waals surface area contributed by atoms with Gasteiger partial charge in [0, 0.05) is 23.6 Å². The van der Waals surface area contributed by atoms with Crippen LogP contribution in [0.3, 0.4) is 0 Å². The second kappa shape index (κ2) is 9.86. The number of hydrogen-bond donors (Lipinski definition) is 1. The van der Waals surface area contributed by atoms with E-state index in [2.05, 4.69) is 74.6 Å². The van der Waals surface area contributed by atoms with Gasteiger partial charge in [0.15, 0.2) is 0 Å². The van der Waals surface area contributed by atoms with E-state index in [0.29, 0.717) is 24.9 Å². The number of anilines is 1. The van der Waals surface area contributed by atoms with Gasteiger partial charge in [-0.1, -0.05) is 69.7 Å². The lowest BCUT2D eigenvalue weighted by Crippen LogP contribution is -2.40. The van der Waals surface area contributed by atoms with E-state index in [9.17, 15) is 4.79 Å². The Kier molecular flexibility index (Phi) is 6.96. The van der Waals surface area contributed by atoms with Gasteiger partial charge in [-0.05, 0) is 42.4 Å². The van der Waals surface area contributed by atoms with Gasteiger partial charge in [0.1, 0.15) is 6.61 Å². The van der Waals surface area contributed by atoms with Crippen molar-refractivity contribution < 1.29 is 14.3 Å². The number of carbonyl (C=O) groups is 1. The summed E-state index contributed by atoms with van der Waals surface area (Å²) < 4.78 is 12.2. The number of rotatable bonds is 7. The third-order valence-electron chi connectivity index (χ3n) is 6.66. The highest BCUT2D eigenvalue weighted by atomic mass is 16.6. The van der Waals surface area contributed by atoms with Gasteiger partial charge in [0.05, 0.1) is 18.2 Å². The first-order chi connectivity index (χ1) is 15.1. The Morgan fingerprint density at radius 1 is 1.16 bits per heavy atom. The van der Waals surface area contributed by atoms with Crippen LogP contribution >= 0.6 is 0 Å². The molecule has 0 spiro atoms. The number of fused-ring (bicyclic) bond motifs is 3. The molecular formula is C27H35NO3. The standard InChI is InChI=1S/C27H35NO3/c1-4-5-11-25(29)30-17-21-13-14-22-26(19-9-7-6-8-10-19)28-24-15-12-20(18(2)3)16-23(24)27(22)31-21/h6-10,12,15-16,18,21-22,26-28H,4-5,11,13-14,17H2,1-3H3/t21-,22+,26+,27+/m0/s1. The first-order valence-corrected chi connectivity index (χ1v) is 11.8. The van der Waals surface area contributed by atoms with Crippen molar-refractivity contribution >= 4 is 11.7 Å². The van der Waals surface area contributed by atoms with E-state index in [4.69, 9.17) is 9.47 Å². The molecule has 4 heteroatoms. The SMILES string of the molecule is CCCCC(=O)OC[C@@H]1CC[C@@H]2[C@@H](c3ccccc3)Nc3ccc(C(C)C)cc3[C@@H]2O1. The van der Waals surface area contributed by atoms with Crippen LogP contribution in [0.1, 0.15) is 87.6 Å². The van der Waals surface area contributed by atoms with E-state index in [1.165, 1.54) is 16.7 Å². The minimum absolute atomic E-state index is 0.00764. The summed E-state index contributed by atoms with van der Waals surface area (Å²) in [6, 6.07) is 17.6. The molecule has 0 radical (unpaired) electrons. The second-order valence-electron chi connectivity index (χ2n) is 9.24. The summed E-state index contributed by atoms with van der Waals surface area (Å²) >= 11 is 0. The van der Waals surface area contributed by atoms with Crippen molar-refractivity contribution in [3.05, 3.63) is 65.2 Å². The molecule has 4 nitrogen and oxygen atoms in total. The van der Waals surface area contributed by atoms with E-state index in [0.717, 1.165) is 31.4 Å². The zero-order valence-electron chi connectivity index (χ0n) is 19.0. The van der Waals surface area contributed by atoms with Crippen LogP contribution in [0.25, 0.3) is 0 Å². The summed E-state index contributed by atoms with van der Waals surface area (Å²) in [5.41, 5.74) is 5.02. The molecule has 0 saturated carbocycles. The van der Waals surface area contributed by atoms with Crippen LogP contribution in [0, 0.1) is 5.92 Å². The molecule has 0 amide bonds. The van der Waals surface area contributed by atoms with Crippen LogP contribution in [-0.4, -0.2) is 18.7 Å². The fraction of sp³-hybridized carbons (Fsp3) is 0.519. The van der Waals surface area contributed by atoms with Gasteiger partial charge < -0.3 is 14.8 Å². The van der Waals surface area contributed by atoms with E-state index < -0.39 is 0 Å². The Labute approximate surface area is 186 Å². The largest absolute Gasteiger partial charge is 0.463 e. The molecule has 31 heavy (non-hydrogen) atoms. The fourth-order valence-corrected chi connectivity index (χ4v) is 4.83. The first kappa shape index (κ1) is 21.9. The Balaban J connectivity index is 1.57. The summed E-state index contributed by atoms with van der Waals surface area (Å²) in [5.74, 6) is 0.710. The number of nitrogens with one attached hydrogen (secondary N) is 1. The Hall–Kier alpha value is -2.33. The number of benzene rings is 2. The smallest absolute Gasteiger partial charge is 0.305 e. The molecule has 1 fully saturated rings. The fourth-order valence-electron chi connectivity index (χ4n) is 4.83. The van der Waals surface area contributed by atoms with E-state index in [1.807, 2.05) is 0 Å². The average Bonchev–Trinajstić information content (AvgIpc) is 2.80. The number of hydrogen-bond acceptors (Lipinski definition) is 4. The monoisotopic (exact) mass is 421 g/mol. The van der Waals surface area contributed by atoms with Crippen LogP contribution in [0.4, 0.5) is 5.69 Å². The first-order valence-electron chi connectivity index (χ1n) is 11.8. The van der Waals surface area contributed by atoms with Crippen LogP contribution < -0.4 is 5.32 Å². The third kappa shape index (κ3) is 4.95. The number of unbranched alkanes of at least 4 members (excludes halogenated alkanes) is 1. The molecular weight excluding hydrogens is 386 g/mol. The zero-order chi connectivity index (χ0) is 21.8. The maximum absolute atomic E-state index is 12.0. The second-order valence-corrected chi connectivity index (χ2v) is 9.24. The topological polar surface area (TPSA) is 47.6 Å². The number of carbonyl (C=O) groups excluding carboxylic acids is 1. The molecule has 1 N–H and O–H groups in total. The summed E-state index contributed by atoms with van der Waals surface area (Å²) in [6.45, 7) is 6.89. The van der Waals surface area contributed by atoms with Crippen molar-refractivity contribution in [3.63, 3.8) is 0 Å². The van der Waals surface area contributed by atoms with Gasteiger partial charge >= 0.3 is 5.97 Å². The van der Waals surface area contributed by atoms with E-state index in [-0.39, 0.29) is 24.2 Å². The molecule has 4 rings (SSSR count). The Bertz CT molecular complexity index is 879. The average molecular weight is 422 g/mol. The minimum Gasteiger partial charge on any atom is -0.463 e. The van der Waals surface area contributed by atoms with Crippen LogP contribution in [0.2, 0.25) is 0 Å². The quantitative estimate of drug-likeness (QED) is 0.515. The van der Waals surface area contributed by atoms with Gasteiger partial charge in [-0.25, -0.2) is 0 Å². The minimum atomic E-state index is -0.109. The molecule has 2 aromatic carbocycles. The van der Waals surface area contributed by atoms with Crippen molar-refractivity contribution in [2.75, 3.05) is 11.9 Å². The van der Waals surface area contributed by atoms with E-state index >= 15 is 0 Å². The predicted octanol–water partition coefficient (Wildman–Crippen LogP) is 6.55.